The van der Waals surface area contributed by atoms with Gasteiger partial charge in [-0.1, -0.05) is 36.4 Å². The van der Waals surface area contributed by atoms with Gasteiger partial charge >= 0.3 is 16.8 Å². The topological polar surface area (TPSA) is 299 Å². The summed E-state index contributed by atoms with van der Waals surface area (Å²) in [5.74, 6) is -2.65. The van der Waals surface area contributed by atoms with Crippen molar-refractivity contribution in [2.24, 2.45) is 0 Å². The van der Waals surface area contributed by atoms with E-state index < -0.39 is 34.6 Å². The Kier molecular flexibility index (Phi) is 22.8. The minimum absolute atomic E-state index is 0. The van der Waals surface area contributed by atoms with Gasteiger partial charge in [0.05, 0.1) is 9.85 Å². The van der Waals surface area contributed by atoms with Crippen molar-refractivity contribution >= 4 is 23.3 Å². The fraction of sp³-hybridized carbons (Fsp3) is 0.125. The molecule has 0 bridgehead atoms. The molecule has 2 aromatic rings. The second-order valence-corrected chi connectivity index (χ2v) is 4.87. The average Bonchev–Trinajstić information content (AvgIpc) is 2.55. The van der Waals surface area contributed by atoms with Gasteiger partial charge in [0.1, 0.15) is 0 Å². The second kappa shape index (κ2) is 18.5. The van der Waals surface area contributed by atoms with Crippen molar-refractivity contribution in [3.63, 3.8) is 0 Å². The monoisotopic (exact) mass is 495 g/mol. The van der Waals surface area contributed by atoms with Gasteiger partial charge in [-0.3, -0.25) is 20.2 Å². The molecule has 0 heterocycles. The quantitative estimate of drug-likeness (QED) is 0.216. The first-order valence-electron chi connectivity index (χ1n) is 7.06. The number of hydrogen-bond acceptors (Lipinski definition) is 8. The van der Waals surface area contributed by atoms with Crippen LogP contribution >= 0.6 is 0 Å². The van der Waals surface area contributed by atoms with Crippen LogP contribution in [0.1, 0.15) is 11.1 Å². The van der Waals surface area contributed by atoms with Crippen LogP contribution in [0.3, 0.4) is 0 Å². The minimum Gasteiger partial charge on any atom is -0.550 e. The molecular weight excluding hydrogens is 471 g/mol. The third kappa shape index (κ3) is 13.4. The van der Waals surface area contributed by atoms with E-state index in [0.717, 1.165) is 0 Å². The predicted octanol–water partition coefficient (Wildman–Crippen LogP) is -3.92. The first-order chi connectivity index (χ1) is 12.2. The number of carboxylic acid groups (broad SMARTS) is 2. The molecule has 0 aliphatic carbocycles. The molecule has 0 saturated heterocycles. The molecule has 14 nitrogen and oxygen atoms in total. The molecule has 0 aliphatic heterocycles. The van der Waals surface area contributed by atoms with Crippen molar-refractivity contribution in [1.82, 2.24) is 0 Å². The van der Waals surface area contributed by atoms with Crippen LogP contribution in [0.2, 0.25) is 0 Å². The van der Waals surface area contributed by atoms with Crippen LogP contribution in [0.5, 0.6) is 0 Å². The van der Waals surface area contributed by atoms with Crippen molar-refractivity contribution in [1.29, 1.82) is 0 Å². The maximum atomic E-state index is 10.4. The minimum atomic E-state index is -1.32. The predicted molar refractivity (Wildman–Crippen MR) is 103 cm³/mol. The van der Waals surface area contributed by atoms with Gasteiger partial charge in [-0.15, -0.1) is 0 Å². The van der Waals surface area contributed by atoms with Crippen molar-refractivity contribution in [2.75, 3.05) is 0 Å². The van der Waals surface area contributed by atoms with E-state index in [1.807, 2.05) is 0 Å². The summed E-state index contributed by atoms with van der Waals surface area (Å²) in [5, 5.41) is 41.2. The molecule has 2 rings (SSSR count). The number of hydrogen-bond donors (Lipinski definition) is 0. The van der Waals surface area contributed by atoms with Gasteiger partial charge < -0.3 is 41.7 Å². The van der Waals surface area contributed by atoms with Gasteiger partial charge in [-0.05, 0) is 0 Å². The molecule has 0 unspecified atom stereocenters. The van der Waals surface area contributed by atoms with Crippen LogP contribution in [0.4, 0.5) is 11.4 Å². The van der Waals surface area contributed by atoms with Crippen molar-refractivity contribution in [3.05, 3.63) is 79.9 Å². The van der Waals surface area contributed by atoms with E-state index in [-0.39, 0.29) is 61.2 Å². The van der Waals surface area contributed by atoms with Crippen LogP contribution in [-0.4, -0.2) is 21.8 Å². The fourth-order valence-corrected chi connectivity index (χ4v) is 1.99. The maximum Gasteiger partial charge on any atom is 2.00 e. The number of benzene rings is 2. The smallest absolute Gasteiger partial charge is 0.550 e. The average molecular weight is 495 g/mol. The summed E-state index contributed by atoms with van der Waals surface area (Å²) in [6, 6.07) is 11.4. The number of aliphatic carboxylic acids is 2. The Morgan fingerprint density at radius 3 is 1.13 bits per heavy atom. The summed E-state index contributed by atoms with van der Waals surface area (Å²) in [5.41, 5.74) is -0.0570. The number of nitro benzene ring substituents is 2. The van der Waals surface area contributed by atoms with E-state index in [2.05, 4.69) is 0 Å². The summed E-state index contributed by atoms with van der Waals surface area (Å²) in [6.45, 7) is 0. The SMILES string of the molecule is O=C([O-])Cc1ccccc1[N+](=O)[O-].O=C([O-])Cc1ccccc1[N+](=O)[O-].[Co+2].[OH3+].[OH3+].[OH3+].[OH3+]. The van der Waals surface area contributed by atoms with Crippen LogP contribution in [0, 0.1) is 20.2 Å². The molecule has 15 heteroatoms. The van der Waals surface area contributed by atoms with Gasteiger partial charge in [0.25, 0.3) is 11.4 Å². The Hall–Kier alpha value is -3.47. The van der Waals surface area contributed by atoms with E-state index in [1.54, 1.807) is 12.1 Å². The Labute approximate surface area is 184 Å². The van der Waals surface area contributed by atoms with Gasteiger partial charge in [-0.2, -0.15) is 0 Å². The summed E-state index contributed by atoms with van der Waals surface area (Å²) < 4.78 is 0. The molecule has 12 N–H and O–H groups in total. The molecular formula is C16H24CoN2O12+4. The van der Waals surface area contributed by atoms with Gasteiger partial charge in [0.2, 0.25) is 0 Å². The van der Waals surface area contributed by atoms with Crippen molar-refractivity contribution < 1.29 is 68.3 Å². The van der Waals surface area contributed by atoms with Gasteiger partial charge in [-0.25, -0.2) is 0 Å². The van der Waals surface area contributed by atoms with Crippen LogP contribution in [0.25, 0.3) is 0 Å². The molecule has 31 heavy (non-hydrogen) atoms. The maximum absolute atomic E-state index is 10.4. The van der Waals surface area contributed by atoms with E-state index in [9.17, 15) is 40.0 Å². The second-order valence-electron chi connectivity index (χ2n) is 4.87. The Bertz CT molecular complexity index is 777. The molecule has 175 valence electrons. The van der Waals surface area contributed by atoms with Crippen LogP contribution in [-0.2, 0) is 61.1 Å². The number of nitrogens with zero attached hydrogens (tertiary/aromatic N) is 2. The number of nitro groups is 2. The number of carbonyl (C=O) groups is 2. The zero-order chi connectivity index (χ0) is 19.7. The molecule has 0 spiro atoms. The van der Waals surface area contributed by atoms with E-state index in [1.165, 1.54) is 36.4 Å². The summed E-state index contributed by atoms with van der Waals surface area (Å²) >= 11 is 0. The van der Waals surface area contributed by atoms with E-state index in [4.69, 9.17) is 0 Å². The van der Waals surface area contributed by atoms with Gasteiger partial charge in [0.15, 0.2) is 0 Å². The van der Waals surface area contributed by atoms with Gasteiger partial charge in [0, 0.05) is 48.0 Å². The van der Waals surface area contributed by atoms with Crippen molar-refractivity contribution in [3.8, 4) is 0 Å². The Morgan fingerprint density at radius 1 is 0.645 bits per heavy atom. The van der Waals surface area contributed by atoms with Crippen molar-refractivity contribution in [2.45, 2.75) is 12.8 Å². The molecule has 0 aromatic heterocycles. The summed E-state index contributed by atoms with van der Waals surface area (Å²) in [7, 11) is 0. The molecule has 2 aromatic carbocycles. The molecule has 0 saturated carbocycles. The largest absolute Gasteiger partial charge is 2.00 e. The van der Waals surface area contributed by atoms with E-state index >= 15 is 0 Å². The first kappa shape index (κ1) is 38.2. The summed E-state index contributed by atoms with van der Waals surface area (Å²) in [6.07, 6.45) is -0.867. The molecule has 0 amide bonds. The normalized spacial score (nSPS) is 8.00. The van der Waals surface area contributed by atoms with E-state index in [0.29, 0.717) is 0 Å². The number of rotatable bonds is 6. The molecule has 0 atom stereocenters. The van der Waals surface area contributed by atoms with Crippen LogP contribution < -0.4 is 10.2 Å². The third-order valence-electron chi connectivity index (χ3n) is 3.05. The molecule has 0 fully saturated rings. The first-order valence-corrected chi connectivity index (χ1v) is 7.06. The fourth-order valence-electron chi connectivity index (χ4n) is 1.99. The molecule has 0 aliphatic rings. The van der Waals surface area contributed by atoms with Crippen LogP contribution in [0.15, 0.2) is 48.5 Å². The summed E-state index contributed by atoms with van der Waals surface area (Å²) in [4.78, 5) is 40.0. The zero-order valence-corrected chi connectivity index (χ0v) is 16.9. The number of para-hydroxylation sites is 2. The molecule has 1 radical (unpaired) electrons. The Balaban J connectivity index is -0.000000125. The number of carboxylic acids is 2. The standard InChI is InChI=1S/2C8H7NO4.Co.4H2O/c2*10-8(11)5-6-3-1-2-4-7(6)9(12)13;;;;;/h2*1-4H,5H2,(H,10,11);;4*1H2/q;;+2;;;;/p+2. The zero-order valence-electron chi connectivity index (χ0n) is 15.8. The number of carbonyl (C=O) groups excluding carboxylic acids is 2. The Morgan fingerprint density at radius 2 is 0.903 bits per heavy atom. The third-order valence-corrected chi connectivity index (χ3v) is 3.05.